The average molecular weight is 466 g/mol. The molecule has 1 saturated carbocycles. The summed E-state index contributed by atoms with van der Waals surface area (Å²) in [7, 11) is 0. The average Bonchev–Trinajstić information content (AvgIpc) is 3.64. The van der Waals surface area contributed by atoms with Gasteiger partial charge in [0.05, 0.1) is 5.69 Å². The van der Waals surface area contributed by atoms with Gasteiger partial charge in [-0.3, -0.25) is 0 Å². The van der Waals surface area contributed by atoms with Gasteiger partial charge in [-0.15, -0.1) is 0 Å². The fourth-order valence-electron chi connectivity index (χ4n) is 4.52. The van der Waals surface area contributed by atoms with Crippen molar-refractivity contribution in [2.45, 2.75) is 71.8 Å². The van der Waals surface area contributed by atoms with Crippen LogP contribution in [0.4, 0.5) is 5.82 Å². The van der Waals surface area contributed by atoms with Gasteiger partial charge >= 0.3 is 0 Å². The molecule has 1 fully saturated rings. The summed E-state index contributed by atoms with van der Waals surface area (Å²) in [5.41, 5.74) is 10.2. The Balaban J connectivity index is 1.58. The molecule has 2 aromatic carbocycles. The number of aryl methyl sites for hydroxylation is 3. The first-order valence-electron chi connectivity index (χ1n) is 12.6. The third-order valence-electron chi connectivity index (χ3n) is 7.62. The number of nitrogens with zero attached hydrogens (tertiary/aromatic N) is 1. The first kappa shape index (κ1) is 24.8. The van der Waals surface area contributed by atoms with Gasteiger partial charge in [0, 0.05) is 27.9 Å². The molecule has 1 aliphatic carbocycles. The van der Waals surface area contributed by atoms with E-state index < -0.39 is 0 Å². The first-order valence-corrected chi connectivity index (χ1v) is 12.6. The van der Waals surface area contributed by atoms with Gasteiger partial charge in [0.15, 0.2) is 0 Å². The molecule has 35 heavy (non-hydrogen) atoms. The molecule has 0 amide bonds. The number of benzene rings is 2. The van der Waals surface area contributed by atoms with Gasteiger partial charge in [-0.05, 0) is 93.8 Å². The minimum absolute atomic E-state index is 0.000209. The van der Waals surface area contributed by atoms with E-state index in [0.717, 1.165) is 58.9 Å². The summed E-state index contributed by atoms with van der Waals surface area (Å²) < 4.78 is 0. The second kappa shape index (κ2) is 9.37. The van der Waals surface area contributed by atoms with Crippen LogP contribution in [0.5, 0.6) is 0 Å². The van der Waals surface area contributed by atoms with Gasteiger partial charge < -0.3 is 10.6 Å². The van der Waals surface area contributed by atoms with Crippen LogP contribution in [0.25, 0.3) is 17.0 Å². The molecule has 1 aromatic heterocycles. The molecule has 3 heteroatoms. The molecule has 0 atom stereocenters. The monoisotopic (exact) mass is 465 g/mol. The maximum Gasteiger partial charge on any atom is 0.130 e. The van der Waals surface area contributed by atoms with Gasteiger partial charge in [0.2, 0.25) is 0 Å². The highest BCUT2D eigenvalue weighted by Crippen LogP contribution is 2.53. The molecule has 4 rings (SSSR count). The number of rotatable bonds is 9. The van der Waals surface area contributed by atoms with Crippen LogP contribution in [0.1, 0.15) is 67.9 Å². The van der Waals surface area contributed by atoms with E-state index in [1.54, 1.807) is 0 Å². The van der Waals surface area contributed by atoms with E-state index in [2.05, 4.69) is 120 Å². The molecular weight excluding hydrogens is 426 g/mol. The number of hydrogen-bond donors (Lipinski definition) is 2. The standard InChI is InChI=1S/C32H39N3/c1-9-31(7,8)35-24(5)26-11-10-12-27(20-26)30-22(3)14-16-29(34-30)33-25(6)32(17-18-32)28-15-13-21(2)23(4)19-28/h10-16,19-20,35H,5-6,9,17-18H2,1-4,7-8H3,(H,33,34). The maximum absolute atomic E-state index is 5.02. The number of allylic oxidation sites excluding steroid dienone is 1. The lowest BCUT2D eigenvalue weighted by Gasteiger charge is -2.27. The fourth-order valence-corrected chi connectivity index (χ4v) is 4.52. The van der Waals surface area contributed by atoms with E-state index in [-0.39, 0.29) is 11.0 Å². The molecule has 1 heterocycles. The summed E-state index contributed by atoms with van der Waals surface area (Å²) in [6.07, 6.45) is 3.25. The van der Waals surface area contributed by atoms with Crippen LogP contribution in [0.2, 0.25) is 0 Å². The Morgan fingerprint density at radius 2 is 1.66 bits per heavy atom. The van der Waals surface area contributed by atoms with E-state index in [1.807, 2.05) is 0 Å². The lowest BCUT2D eigenvalue weighted by atomic mass is 9.90. The quantitative estimate of drug-likeness (QED) is 0.335. The second-order valence-electron chi connectivity index (χ2n) is 10.8. The Morgan fingerprint density at radius 1 is 0.943 bits per heavy atom. The predicted molar refractivity (Wildman–Crippen MR) is 151 cm³/mol. The number of anilines is 1. The van der Waals surface area contributed by atoms with Crippen molar-refractivity contribution in [2.24, 2.45) is 0 Å². The van der Waals surface area contributed by atoms with E-state index in [9.17, 15) is 0 Å². The zero-order valence-electron chi connectivity index (χ0n) is 22.2. The Kier molecular flexibility index (Phi) is 6.64. The molecule has 0 aliphatic heterocycles. The SMILES string of the molecule is C=C(NC(C)(C)CC)c1cccc(-c2nc(NC(=C)C3(c4ccc(C)c(C)c4)CC3)ccc2C)c1. The summed E-state index contributed by atoms with van der Waals surface area (Å²) in [4.78, 5) is 5.02. The van der Waals surface area contributed by atoms with Gasteiger partial charge in [0.25, 0.3) is 0 Å². The normalized spacial score (nSPS) is 14.3. The summed E-state index contributed by atoms with van der Waals surface area (Å²) >= 11 is 0. The van der Waals surface area contributed by atoms with E-state index >= 15 is 0 Å². The third-order valence-corrected chi connectivity index (χ3v) is 7.62. The molecule has 0 radical (unpaired) electrons. The molecule has 0 unspecified atom stereocenters. The van der Waals surface area contributed by atoms with E-state index in [0.29, 0.717) is 0 Å². The van der Waals surface area contributed by atoms with Crippen molar-refractivity contribution in [3.05, 3.63) is 101 Å². The Morgan fingerprint density at radius 3 is 2.31 bits per heavy atom. The van der Waals surface area contributed by atoms with Crippen molar-refractivity contribution in [3.63, 3.8) is 0 Å². The zero-order valence-corrected chi connectivity index (χ0v) is 22.2. The smallest absolute Gasteiger partial charge is 0.130 e. The van der Waals surface area contributed by atoms with Crippen molar-refractivity contribution < 1.29 is 0 Å². The van der Waals surface area contributed by atoms with Crippen LogP contribution >= 0.6 is 0 Å². The molecule has 0 saturated heterocycles. The zero-order chi connectivity index (χ0) is 25.4. The molecule has 0 bridgehead atoms. The molecule has 0 spiro atoms. The van der Waals surface area contributed by atoms with Crippen molar-refractivity contribution in [1.82, 2.24) is 10.3 Å². The molecule has 3 aromatic rings. The Hall–Kier alpha value is -3.33. The topological polar surface area (TPSA) is 37.0 Å². The number of hydrogen-bond acceptors (Lipinski definition) is 3. The minimum atomic E-state index is 0.000209. The van der Waals surface area contributed by atoms with Gasteiger partial charge in [-0.2, -0.15) is 0 Å². The molecular formula is C32H39N3. The van der Waals surface area contributed by atoms with Gasteiger partial charge in [-0.1, -0.05) is 62.5 Å². The maximum atomic E-state index is 5.02. The molecule has 3 nitrogen and oxygen atoms in total. The first-order chi connectivity index (χ1) is 16.5. The molecule has 1 aliphatic rings. The summed E-state index contributed by atoms with van der Waals surface area (Å²) in [5.74, 6) is 0.833. The van der Waals surface area contributed by atoms with Gasteiger partial charge in [0.1, 0.15) is 5.82 Å². The van der Waals surface area contributed by atoms with Crippen LogP contribution < -0.4 is 10.6 Å². The highest BCUT2D eigenvalue weighted by atomic mass is 15.0. The van der Waals surface area contributed by atoms with Gasteiger partial charge in [-0.25, -0.2) is 4.98 Å². The fraction of sp³-hybridized carbons (Fsp3) is 0.344. The lowest BCUT2D eigenvalue weighted by Crippen LogP contribution is -2.36. The van der Waals surface area contributed by atoms with Crippen LogP contribution in [0.15, 0.2) is 73.5 Å². The van der Waals surface area contributed by atoms with Crippen LogP contribution in [-0.2, 0) is 5.41 Å². The molecule has 2 N–H and O–H groups in total. The van der Waals surface area contributed by atoms with Crippen LogP contribution in [-0.4, -0.2) is 10.5 Å². The van der Waals surface area contributed by atoms with Crippen LogP contribution in [0.3, 0.4) is 0 Å². The van der Waals surface area contributed by atoms with E-state index in [4.69, 9.17) is 4.98 Å². The van der Waals surface area contributed by atoms with Crippen molar-refractivity contribution in [2.75, 3.05) is 5.32 Å². The van der Waals surface area contributed by atoms with Crippen molar-refractivity contribution in [1.29, 1.82) is 0 Å². The number of pyridine rings is 1. The highest BCUT2D eigenvalue weighted by Gasteiger charge is 2.47. The Bertz CT molecular complexity index is 1280. The minimum Gasteiger partial charge on any atom is -0.380 e. The predicted octanol–water partition coefficient (Wildman–Crippen LogP) is 8.08. The molecule has 182 valence electrons. The third kappa shape index (κ3) is 5.19. The van der Waals surface area contributed by atoms with Crippen LogP contribution in [0, 0.1) is 20.8 Å². The number of nitrogens with one attached hydrogen (secondary N) is 2. The highest BCUT2D eigenvalue weighted by molar-refractivity contribution is 5.72. The summed E-state index contributed by atoms with van der Waals surface area (Å²) in [5, 5.41) is 7.12. The van der Waals surface area contributed by atoms with E-state index in [1.165, 1.54) is 16.7 Å². The summed E-state index contributed by atoms with van der Waals surface area (Å²) in [6, 6.07) is 19.4. The lowest BCUT2D eigenvalue weighted by molar-refractivity contribution is 0.437. The second-order valence-corrected chi connectivity index (χ2v) is 10.8. The Labute approximate surface area is 211 Å². The summed E-state index contributed by atoms with van der Waals surface area (Å²) in [6.45, 7) is 21.8. The number of aromatic nitrogens is 1. The van der Waals surface area contributed by atoms with Crippen molar-refractivity contribution in [3.8, 4) is 11.3 Å². The largest absolute Gasteiger partial charge is 0.380 e. The van der Waals surface area contributed by atoms with Crippen molar-refractivity contribution >= 4 is 11.5 Å².